The van der Waals surface area contributed by atoms with Gasteiger partial charge in [-0.05, 0) is 44.2 Å². The number of rotatable bonds is 4. The molecule has 1 aromatic heterocycles. The van der Waals surface area contributed by atoms with Gasteiger partial charge in [0.1, 0.15) is 11.4 Å². The Balaban J connectivity index is 2.12. The Kier molecular flexibility index (Phi) is 5.14. The number of nitrogens with zero attached hydrogens (tertiary/aromatic N) is 2. The summed E-state index contributed by atoms with van der Waals surface area (Å²) < 4.78 is 4.97. The van der Waals surface area contributed by atoms with Gasteiger partial charge in [-0.3, -0.25) is 0 Å². The number of nitrogens with one attached hydrogen (secondary N) is 1. The van der Waals surface area contributed by atoms with Crippen molar-refractivity contribution in [1.29, 1.82) is 0 Å². The summed E-state index contributed by atoms with van der Waals surface area (Å²) in [5, 5.41) is 12.8. The summed E-state index contributed by atoms with van der Waals surface area (Å²) in [5.74, 6) is -0.0765. The quantitative estimate of drug-likeness (QED) is 0.653. The molecule has 6 nitrogen and oxygen atoms in total. The number of aliphatic hydroxyl groups is 1. The van der Waals surface area contributed by atoms with Gasteiger partial charge in [-0.1, -0.05) is 0 Å². The van der Waals surface area contributed by atoms with E-state index in [9.17, 15) is 9.90 Å². The van der Waals surface area contributed by atoms with Crippen molar-refractivity contribution in [2.75, 3.05) is 11.9 Å². The summed E-state index contributed by atoms with van der Waals surface area (Å²) in [5.41, 5.74) is 0.280. The van der Waals surface area contributed by atoms with Crippen molar-refractivity contribution in [1.82, 2.24) is 9.97 Å². The van der Waals surface area contributed by atoms with Crippen LogP contribution in [-0.4, -0.2) is 39.8 Å². The van der Waals surface area contributed by atoms with Gasteiger partial charge in [-0.15, -0.1) is 0 Å². The smallest absolute Gasteiger partial charge is 0.343 e. The van der Waals surface area contributed by atoms with E-state index in [1.54, 1.807) is 6.92 Å². The van der Waals surface area contributed by atoms with Gasteiger partial charge in [0, 0.05) is 12.2 Å². The molecule has 0 spiro atoms. The van der Waals surface area contributed by atoms with Gasteiger partial charge in [0.2, 0.25) is 5.28 Å². The lowest BCUT2D eigenvalue weighted by atomic mass is 9.93. The number of aliphatic hydroxyl groups excluding tert-OH is 1. The molecule has 0 saturated heterocycles. The van der Waals surface area contributed by atoms with E-state index in [0.717, 1.165) is 25.7 Å². The Morgan fingerprint density at radius 1 is 1.50 bits per heavy atom. The molecule has 110 valence electrons. The predicted octanol–water partition coefficient (Wildman–Crippen LogP) is 2.02. The van der Waals surface area contributed by atoms with Gasteiger partial charge in [-0.2, -0.15) is 4.98 Å². The predicted molar refractivity (Wildman–Crippen MR) is 74.9 cm³/mol. The van der Waals surface area contributed by atoms with Crippen LogP contribution in [0, 0.1) is 0 Å². The molecule has 1 aliphatic carbocycles. The van der Waals surface area contributed by atoms with Crippen molar-refractivity contribution in [2.45, 2.75) is 44.8 Å². The molecule has 1 heterocycles. The molecule has 0 amide bonds. The summed E-state index contributed by atoms with van der Waals surface area (Å²) in [7, 11) is 0. The van der Waals surface area contributed by atoms with Gasteiger partial charge >= 0.3 is 5.97 Å². The van der Waals surface area contributed by atoms with Crippen molar-refractivity contribution in [3.05, 3.63) is 17.0 Å². The minimum atomic E-state index is -0.470. The van der Waals surface area contributed by atoms with Crippen molar-refractivity contribution in [3.8, 4) is 0 Å². The lowest BCUT2D eigenvalue weighted by Gasteiger charge is -2.27. The normalized spacial score (nSPS) is 22.4. The number of hydrogen-bond donors (Lipinski definition) is 2. The number of aromatic nitrogens is 2. The van der Waals surface area contributed by atoms with Crippen molar-refractivity contribution >= 4 is 23.4 Å². The van der Waals surface area contributed by atoms with Crippen molar-refractivity contribution in [2.24, 2.45) is 0 Å². The Morgan fingerprint density at radius 2 is 2.20 bits per heavy atom. The lowest BCUT2D eigenvalue weighted by Crippen LogP contribution is -2.29. The second-order valence-electron chi connectivity index (χ2n) is 4.77. The van der Waals surface area contributed by atoms with Gasteiger partial charge in [-0.25, -0.2) is 9.78 Å². The van der Waals surface area contributed by atoms with Gasteiger partial charge < -0.3 is 15.2 Å². The zero-order valence-electron chi connectivity index (χ0n) is 11.3. The highest BCUT2D eigenvalue weighted by atomic mass is 35.5. The van der Waals surface area contributed by atoms with Crippen LogP contribution in [0.1, 0.15) is 43.0 Å². The molecule has 1 aromatic rings. The molecule has 1 aliphatic rings. The minimum absolute atomic E-state index is 0.0800. The molecule has 1 saturated carbocycles. The highest BCUT2D eigenvalue weighted by Gasteiger charge is 2.22. The molecule has 0 atom stereocenters. The fraction of sp³-hybridized carbons (Fsp3) is 0.615. The van der Waals surface area contributed by atoms with Gasteiger partial charge in [0.15, 0.2) is 0 Å². The van der Waals surface area contributed by atoms with E-state index in [2.05, 4.69) is 15.3 Å². The average molecular weight is 300 g/mol. The van der Waals surface area contributed by atoms with Crippen LogP contribution in [0.15, 0.2) is 6.20 Å². The number of anilines is 1. The molecule has 0 aliphatic heterocycles. The van der Waals surface area contributed by atoms with E-state index < -0.39 is 5.97 Å². The average Bonchev–Trinajstić information content (AvgIpc) is 2.42. The molecule has 1 fully saturated rings. The minimum Gasteiger partial charge on any atom is -0.462 e. The fourth-order valence-electron chi connectivity index (χ4n) is 2.24. The third-order valence-electron chi connectivity index (χ3n) is 3.29. The highest BCUT2D eigenvalue weighted by molar-refractivity contribution is 6.28. The number of carbonyl (C=O) groups is 1. The molecule has 2 N–H and O–H groups in total. The molecule has 0 bridgehead atoms. The number of hydrogen-bond acceptors (Lipinski definition) is 6. The van der Waals surface area contributed by atoms with E-state index >= 15 is 0 Å². The van der Waals surface area contributed by atoms with E-state index in [-0.39, 0.29) is 29.6 Å². The Bertz CT molecular complexity index is 476. The van der Waals surface area contributed by atoms with E-state index in [1.165, 1.54) is 6.20 Å². The van der Waals surface area contributed by atoms with Crippen LogP contribution in [0.2, 0.25) is 5.28 Å². The third kappa shape index (κ3) is 3.80. The second-order valence-corrected chi connectivity index (χ2v) is 5.11. The van der Waals surface area contributed by atoms with Crippen molar-refractivity contribution < 1.29 is 14.6 Å². The largest absolute Gasteiger partial charge is 0.462 e. The summed E-state index contributed by atoms with van der Waals surface area (Å²) in [6.07, 6.45) is 4.27. The first kappa shape index (κ1) is 15.0. The van der Waals surface area contributed by atoms with Gasteiger partial charge in [0.05, 0.1) is 12.7 Å². The monoisotopic (exact) mass is 299 g/mol. The fourth-order valence-corrected chi connectivity index (χ4v) is 2.38. The summed E-state index contributed by atoms with van der Waals surface area (Å²) in [4.78, 5) is 19.7. The molecule has 0 aromatic carbocycles. The Hall–Kier alpha value is -1.40. The first-order valence-corrected chi connectivity index (χ1v) is 7.12. The second kappa shape index (κ2) is 6.85. The van der Waals surface area contributed by atoms with Crippen LogP contribution in [0.5, 0.6) is 0 Å². The maximum Gasteiger partial charge on any atom is 0.343 e. The highest BCUT2D eigenvalue weighted by Crippen LogP contribution is 2.24. The topological polar surface area (TPSA) is 84.3 Å². The standard InChI is InChI=1S/C13H18ClN3O3/c1-2-20-12(19)10-7-15-13(14)17-11(10)16-8-3-5-9(18)6-4-8/h7-9,18H,2-6H2,1H3,(H,15,16,17)/t8-,9+. The van der Waals surface area contributed by atoms with Crippen LogP contribution in [0.4, 0.5) is 5.82 Å². The summed E-state index contributed by atoms with van der Waals surface area (Å²) in [6.45, 7) is 2.03. The molecule has 0 unspecified atom stereocenters. The number of halogens is 1. The SMILES string of the molecule is CCOC(=O)c1cnc(Cl)nc1N[C@H]1CC[C@@H](O)CC1. The maximum atomic E-state index is 11.8. The van der Waals surface area contributed by atoms with Crippen molar-refractivity contribution in [3.63, 3.8) is 0 Å². The zero-order chi connectivity index (χ0) is 14.5. The molecular formula is C13H18ClN3O3. The molecule has 0 radical (unpaired) electrons. The summed E-state index contributed by atoms with van der Waals surface area (Å²) >= 11 is 5.79. The first-order valence-electron chi connectivity index (χ1n) is 6.74. The molecule has 20 heavy (non-hydrogen) atoms. The van der Waals surface area contributed by atoms with Crippen LogP contribution < -0.4 is 5.32 Å². The molecular weight excluding hydrogens is 282 g/mol. The zero-order valence-corrected chi connectivity index (χ0v) is 12.1. The van der Waals surface area contributed by atoms with Crippen LogP contribution in [-0.2, 0) is 4.74 Å². The van der Waals surface area contributed by atoms with E-state index in [4.69, 9.17) is 16.3 Å². The number of esters is 1. The Labute approximate surface area is 122 Å². The van der Waals surface area contributed by atoms with Gasteiger partial charge in [0.25, 0.3) is 0 Å². The Morgan fingerprint density at radius 3 is 2.85 bits per heavy atom. The lowest BCUT2D eigenvalue weighted by molar-refractivity contribution is 0.0526. The third-order valence-corrected chi connectivity index (χ3v) is 3.47. The van der Waals surface area contributed by atoms with Crippen LogP contribution in [0.25, 0.3) is 0 Å². The maximum absolute atomic E-state index is 11.8. The first-order chi connectivity index (χ1) is 9.60. The molecule has 7 heteroatoms. The van der Waals surface area contributed by atoms with E-state index in [0.29, 0.717) is 5.82 Å². The molecule has 2 rings (SSSR count). The van der Waals surface area contributed by atoms with E-state index in [1.807, 2.05) is 0 Å². The number of carbonyl (C=O) groups excluding carboxylic acids is 1. The van der Waals surface area contributed by atoms with Crippen LogP contribution in [0.3, 0.4) is 0 Å². The van der Waals surface area contributed by atoms with Crippen LogP contribution >= 0.6 is 11.6 Å². The number of ether oxygens (including phenoxy) is 1. The summed E-state index contributed by atoms with van der Waals surface area (Å²) in [6, 6.07) is 0.164.